The number of para-hydroxylation sites is 1. The molecule has 4 aromatic rings. The largest absolute Gasteiger partial charge is 0.416 e. The average molecular weight is 444 g/mol. The molecule has 3 aromatic carbocycles. The summed E-state index contributed by atoms with van der Waals surface area (Å²) in [4.78, 5) is 17.7. The fourth-order valence-electron chi connectivity index (χ4n) is 3.15. The van der Waals surface area contributed by atoms with Crippen LogP contribution in [0, 0.1) is 5.82 Å². The van der Waals surface area contributed by atoms with Gasteiger partial charge in [0.25, 0.3) is 5.56 Å². The second-order valence-corrected chi connectivity index (χ2v) is 7.86. The maximum Gasteiger partial charge on any atom is 0.416 e. The third kappa shape index (κ3) is 4.80. The van der Waals surface area contributed by atoms with E-state index in [0.717, 1.165) is 12.1 Å². The monoisotopic (exact) mass is 444 g/mol. The molecule has 0 aliphatic rings. The first-order chi connectivity index (χ1) is 14.8. The fraction of sp³-hybridized carbons (Fsp3) is 0.130. The molecule has 0 saturated heterocycles. The highest BCUT2D eigenvalue weighted by molar-refractivity contribution is 7.98. The molecular formula is C23H16F4N2OS. The molecule has 4 rings (SSSR count). The molecule has 1 aromatic heterocycles. The van der Waals surface area contributed by atoms with E-state index in [1.165, 1.54) is 34.5 Å². The van der Waals surface area contributed by atoms with Crippen molar-refractivity contribution in [2.75, 3.05) is 0 Å². The fourth-order valence-corrected chi connectivity index (χ4v) is 4.10. The Morgan fingerprint density at radius 3 is 2.39 bits per heavy atom. The van der Waals surface area contributed by atoms with Crippen LogP contribution in [0.4, 0.5) is 17.6 Å². The van der Waals surface area contributed by atoms with Crippen LogP contribution in [-0.4, -0.2) is 9.55 Å². The second kappa shape index (κ2) is 8.55. The maximum absolute atomic E-state index is 13.3. The molecule has 0 amide bonds. The van der Waals surface area contributed by atoms with Crippen molar-refractivity contribution in [3.63, 3.8) is 0 Å². The molecule has 0 aliphatic carbocycles. The van der Waals surface area contributed by atoms with E-state index in [1.807, 2.05) is 0 Å². The first-order valence-electron chi connectivity index (χ1n) is 9.34. The van der Waals surface area contributed by atoms with E-state index in [4.69, 9.17) is 0 Å². The number of thioether (sulfide) groups is 1. The molecule has 31 heavy (non-hydrogen) atoms. The first-order valence-corrected chi connectivity index (χ1v) is 10.3. The van der Waals surface area contributed by atoms with Crippen LogP contribution in [0.15, 0.2) is 82.7 Å². The van der Waals surface area contributed by atoms with Gasteiger partial charge >= 0.3 is 6.18 Å². The molecule has 0 atom stereocenters. The molecule has 0 N–H and O–H groups in total. The van der Waals surface area contributed by atoms with Gasteiger partial charge in [-0.05, 0) is 41.5 Å². The van der Waals surface area contributed by atoms with Crippen LogP contribution in [0.25, 0.3) is 10.9 Å². The number of rotatable bonds is 5. The Labute approximate surface area is 179 Å². The Morgan fingerprint density at radius 2 is 1.65 bits per heavy atom. The van der Waals surface area contributed by atoms with E-state index < -0.39 is 11.7 Å². The zero-order valence-electron chi connectivity index (χ0n) is 16.1. The highest BCUT2D eigenvalue weighted by Gasteiger charge is 2.30. The minimum Gasteiger partial charge on any atom is -0.283 e. The van der Waals surface area contributed by atoms with Gasteiger partial charge in [0.2, 0.25) is 0 Å². The standard InChI is InChI=1S/C23H16F4N2OS/c24-18-10-8-15(9-11-18)13-29-21(30)19-6-1-2-7-20(19)28-22(29)31-14-16-4-3-5-17(12-16)23(25,26)27/h1-12H,13-14H2. The lowest BCUT2D eigenvalue weighted by atomic mass is 10.1. The van der Waals surface area contributed by atoms with Crippen molar-refractivity contribution in [1.29, 1.82) is 0 Å². The van der Waals surface area contributed by atoms with Gasteiger partial charge in [0.15, 0.2) is 5.16 Å². The lowest BCUT2D eigenvalue weighted by Gasteiger charge is -2.14. The molecule has 0 saturated carbocycles. The SMILES string of the molecule is O=c1c2ccccc2nc(SCc2cccc(C(F)(F)F)c2)n1Cc1ccc(F)cc1. The van der Waals surface area contributed by atoms with E-state index in [9.17, 15) is 22.4 Å². The molecule has 3 nitrogen and oxygen atoms in total. The summed E-state index contributed by atoms with van der Waals surface area (Å²) in [6.45, 7) is 0.169. The number of aromatic nitrogens is 2. The topological polar surface area (TPSA) is 34.9 Å². The zero-order chi connectivity index (χ0) is 22.0. The van der Waals surface area contributed by atoms with E-state index in [0.29, 0.717) is 27.2 Å². The van der Waals surface area contributed by atoms with Gasteiger partial charge in [-0.25, -0.2) is 9.37 Å². The highest BCUT2D eigenvalue weighted by atomic mass is 32.2. The van der Waals surface area contributed by atoms with Gasteiger partial charge in [-0.15, -0.1) is 0 Å². The number of benzene rings is 3. The van der Waals surface area contributed by atoms with E-state index in [1.54, 1.807) is 42.5 Å². The minimum absolute atomic E-state index is 0.169. The van der Waals surface area contributed by atoms with Gasteiger partial charge < -0.3 is 0 Å². The molecule has 0 fully saturated rings. The third-order valence-corrected chi connectivity index (χ3v) is 5.75. The Balaban J connectivity index is 1.70. The molecular weight excluding hydrogens is 428 g/mol. The Bertz CT molecular complexity index is 1280. The summed E-state index contributed by atoms with van der Waals surface area (Å²) >= 11 is 1.18. The van der Waals surface area contributed by atoms with Gasteiger partial charge in [0.05, 0.1) is 23.0 Å². The number of halogens is 4. The molecule has 0 radical (unpaired) electrons. The summed E-state index contributed by atoms with van der Waals surface area (Å²) in [6, 6.07) is 17.8. The van der Waals surface area contributed by atoms with Crippen molar-refractivity contribution in [3.8, 4) is 0 Å². The third-order valence-electron chi connectivity index (χ3n) is 4.70. The molecule has 0 unspecified atom stereocenters. The van der Waals surface area contributed by atoms with Crippen LogP contribution < -0.4 is 5.56 Å². The summed E-state index contributed by atoms with van der Waals surface area (Å²) in [5, 5.41) is 0.818. The maximum atomic E-state index is 13.3. The minimum atomic E-state index is -4.42. The van der Waals surface area contributed by atoms with Gasteiger partial charge in [-0.3, -0.25) is 9.36 Å². The van der Waals surface area contributed by atoms with Crippen LogP contribution >= 0.6 is 11.8 Å². The molecule has 0 spiro atoms. The summed E-state index contributed by atoms with van der Waals surface area (Å²) in [7, 11) is 0. The van der Waals surface area contributed by atoms with E-state index >= 15 is 0 Å². The number of hydrogen-bond donors (Lipinski definition) is 0. The first kappa shape index (κ1) is 21.1. The predicted octanol–water partition coefficient (Wildman–Crippen LogP) is 5.90. The van der Waals surface area contributed by atoms with Crippen LogP contribution in [0.1, 0.15) is 16.7 Å². The Kier molecular flexibility index (Phi) is 5.82. The average Bonchev–Trinajstić information content (AvgIpc) is 2.75. The van der Waals surface area contributed by atoms with Crippen molar-refractivity contribution in [2.24, 2.45) is 0 Å². The number of nitrogens with zero attached hydrogens (tertiary/aromatic N) is 2. The molecule has 8 heteroatoms. The van der Waals surface area contributed by atoms with Crippen LogP contribution in [-0.2, 0) is 18.5 Å². The summed E-state index contributed by atoms with van der Waals surface area (Å²) in [6.07, 6.45) is -4.42. The Morgan fingerprint density at radius 1 is 0.903 bits per heavy atom. The summed E-state index contributed by atoms with van der Waals surface area (Å²) in [5.74, 6) is -0.176. The second-order valence-electron chi connectivity index (χ2n) is 6.92. The van der Waals surface area contributed by atoms with Crippen molar-refractivity contribution in [2.45, 2.75) is 23.6 Å². The molecule has 0 aliphatic heterocycles. The molecule has 1 heterocycles. The number of alkyl halides is 3. The quantitative estimate of drug-likeness (QED) is 0.219. The lowest BCUT2D eigenvalue weighted by molar-refractivity contribution is -0.137. The number of fused-ring (bicyclic) bond motifs is 1. The van der Waals surface area contributed by atoms with Gasteiger partial charge in [-0.1, -0.05) is 54.2 Å². The van der Waals surface area contributed by atoms with Gasteiger partial charge in [0, 0.05) is 5.75 Å². The van der Waals surface area contributed by atoms with Crippen LogP contribution in [0.5, 0.6) is 0 Å². The van der Waals surface area contributed by atoms with Crippen LogP contribution in [0.2, 0.25) is 0 Å². The zero-order valence-corrected chi connectivity index (χ0v) is 16.9. The summed E-state index contributed by atoms with van der Waals surface area (Å²) in [5.41, 5.74) is 0.703. The smallest absolute Gasteiger partial charge is 0.283 e. The normalized spacial score (nSPS) is 11.7. The van der Waals surface area contributed by atoms with E-state index in [2.05, 4.69) is 4.98 Å². The summed E-state index contributed by atoms with van der Waals surface area (Å²) < 4.78 is 53.7. The van der Waals surface area contributed by atoms with Crippen molar-refractivity contribution < 1.29 is 17.6 Å². The number of hydrogen-bond acceptors (Lipinski definition) is 3. The highest BCUT2D eigenvalue weighted by Crippen LogP contribution is 2.31. The predicted molar refractivity (Wildman–Crippen MR) is 113 cm³/mol. The van der Waals surface area contributed by atoms with Gasteiger partial charge in [0.1, 0.15) is 5.82 Å². The molecule has 158 valence electrons. The molecule has 0 bridgehead atoms. The van der Waals surface area contributed by atoms with Gasteiger partial charge in [-0.2, -0.15) is 13.2 Å². The van der Waals surface area contributed by atoms with Crippen molar-refractivity contribution in [3.05, 3.63) is 106 Å². The van der Waals surface area contributed by atoms with Crippen molar-refractivity contribution in [1.82, 2.24) is 9.55 Å². The van der Waals surface area contributed by atoms with Crippen molar-refractivity contribution >= 4 is 22.7 Å². The lowest BCUT2D eigenvalue weighted by Crippen LogP contribution is -2.24. The van der Waals surface area contributed by atoms with E-state index in [-0.39, 0.29) is 23.7 Å². The Hall–Kier alpha value is -3.13. The van der Waals surface area contributed by atoms with Crippen LogP contribution in [0.3, 0.4) is 0 Å².